The molecule has 6 aliphatic carbocycles. The van der Waals surface area contributed by atoms with Gasteiger partial charge in [0.1, 0.15) is 0 Å². The lowest BCUT2D eigenvalue weighted by atomic mass is 9.54. The van der Waals surface area contributed by atoms with Crippen LogP contribution in [0.5, 0.6) is 0 Å². The molecule has 0 saturated heterocycles. The van der Waals surface area contributed by atoms with Crippen molar-refractivity contribution in [3.63, 3.8) is 0 Å². The molecule has 1 nitrogen and oxygen atoms in total. The number of hydrogen-bond donors (Lipinski definition) is 0. The number of hydrogen-bond acceptors (Lipinski definition) is 1. The van der Waals surface area contributed by atoms with E-state index in [-0.39, 0.29) is 10.8 Å². The van der Waals surface area contributed by atoms with Gasteiger partial charge >= 0.3 is 0 Å². The molecule has 5 unspecified atom stereocenters. The van der Waals surface area contributed by atoms with Gasteiger partial charge in [0.2, 0.25) is 0 Å². The second-order valence-electron chi connectivity index (χ2n) is 18.4. The van der Waals surface area contributed by atoms with E-state index in [1.165, 1.54) is 125 Å². The Labute approximate surface area is 331 Å². The van der Waals surface area contributed by atoms with Crippen LogP contribution in [0.1, 0.15) is 80.0 Å². The zero-order chi connectivity index (χ0) is 36.6. The Bertz CT molecular complexity index is 2720. The molecule has 7 aromatic rings. The summed E-state index contributed by atoms with van der Waals surface area (Å²) >= 11 is 0. The minimum Gasteiger partial charge on any atom is -0.310 e. The van der Waals surface area contributed by atoms with Crippen LogP contribution < -0.4 is 4.90 Å². The smallest absolute Gasteiger partial charge is 0.0465 e. The molecule has 0 N–H and O–H groups in total. The van der Waals surface area contributed by atoms with Crippen LogP contribution in [0, 0.1) is 23.7 Å². The van der Waals surface area contributed by atoms with Crippen LogP contribution in [-0.2, 0) is 10.8 Å². The fourth-order valence-corrected chi connectivity index (χ4v) is 13.9. The average molecular weight is 722 g/mol. The van der Waals surface area contributed by atoms with Gasteiger partial charge in [-0.05, 0) is 177 Å². The zero-order valence-corrected chi connectivity index (χ0v) is 32.1. The largest absolute Gasteiger partial charge is 0.310 e. The van der Waals surface area contributed by atoms with Crippen molar-refractivity contribution < 1.29 is 0 Å². The van der Waals surface area contributed by atoms with Gasteiger partial charge in [0.05, 0.1) is 0 Å². The summed E-state index contributed by atoms with van der Waals surface area (Å²) in [5.74, 6) is 3.36. The van der Waals surface area contributed by atoms with Crippen molar-refractivity contribution >= 4 is 27.8 Å². The summed E-state index contributed by atoms with van der Waals surface area (Å²) in [6.45, 7) is 0. The van der Waals surface area contributed by atoms with Crippen LogP contribution >= 0.6 is 0 Å². The highest BCUT2D eigenvalue weighted by atomic mass is 15.1. The summed E-state index contributed by atoms with van der Waals surface area (Å²) in [6, 6.07) is 58.9. The number of anilines is 3. The maximum absolute atomic E-state index is 2.67. The Balaban J connectivity index is 0.998. The van der Waals surface area contributed by atoms with Crippen LogP contribution in [-0.4, -0.2) is 0 Å². The summed E-state index contributed by atoms with van der Waals surface area (Å²) in [5, 5.41) is 2.57. The van der Waals surface area contributed by atoms with E-state index in [1.807, 2.05) is 0 Å². The van der Waals surface area contributed by atoms with Crippen molar-refractivity contribution in [2.24, 2.45) is 23.7 Å². The Kier molecular flexibility index (Phi) is 6.57. The van der Waals surface area contributed by atoms with Crippen LogP contribution in [0.15, 0.2) is 152 Å². The monoisotopic (exact) mass is 721 g/mol. The summed E-state index contributed by atoms with van der Waals surface area (Å²) in [6.07, 6.45) is 12.1. The normalized spacial score (nSPS) is 25.4. The topological polar surface area (TPSA) is 3.24 Å². The van der Waals surface area contributed by atoms with Gasteiger partial charge in [0, 0.05) is 27.9 Å². The summed E-state index contributed by atoms with van der Waals surface area (Å²) in [7, 11) is 0. The first-order valence-corrected chi connectivity index (χ1v) is 21.6. The lowest BCUT2D eigenvalue weighted by molar-refractivity contribution is 0.106. The van der Waals surface area contributed by atoms with Gasteiger partial charge in [-0.1, -0.05) is 122 Å². The third kappa shape index (κ3) is 4.16. The third-order valence-electron chi connectivity index (χ3n) is 16.1. The Hall–Kier alpha value is -5.40. The molecule has 7 aromatic carbocycles. The lowest BCUT2D eigenvalue weighted by Crippen LogP contribution is -2.45. The van der Waals surface area contributed by atoms with Gasteiger partial charge in [-0.15, -0.1) is 0 Å². The average Bonchev–Trinajstić information content (AvgIpc) is 4.00. The third-order valence-corrected chi connectivity index (χ3v) is 16.1. The van der Waals surface area contributed by atoms with Gasteiger partial charge in [-0.2, -0.15) is 0 Å². The SMILES string of the molecule is c1ccc2c(c1)-c1ccc(N(c3ccc(-c4ccc5ccccc5c4)cc3)c3ccc4c(c3)C3(c5ccccc5-4)C4CCC5CC3CC5C4)cc1C21CCCC1. The van der Waals surface area contributed by atoms with Crippen molar-refractivity contribution in [3.05, 3.63) is 174 Å². The van der Waals surface area contributed by atoms with Gasteiger partial charge in [-0.3, -0.25) is 0 Å². The first kappa shape index (κ1) is 31.8. The molecule has 0 heterocycles. The highest BCUT2D eigenvalue weighted by Gasteiger charge is 2.62. The molecule has 56 heavy (non-hydrogen) atoms. The van der Waals surface area contributed by atoms with Crippen molar-refractivity contribution in [1.82, 2.24) is 0 Å². The Morgan fingerprint density at radius 1 is 0.411 bits per heavy atom. The van der Waals surface area contributed by atoms with E-state index < -0.39 is 0 Å². The van der Waals surface area contributed by atoms with Crippen molar-refractivity contribution in [3.8, 4) is 33.4 Å². The predicted molar refractivity (Wildman–Crippen MR) is 232 cm³/mol. The lowest BCUT2D eigenvalue weighted by Gasteiger charge is -2.49. The van der Waals surface area contributed by atoms with E-state index in [0.29, 0.717) is 0 Å². The van der Waals surface area contributed by atoms with E-state index in [9.17, 15) is 0 Å². The first-order valence-electron chi connectivity index (χ1n) is 21.6. The van der Waals surface area contributed by atoms with E-state index in [4.69, 9.17) is 0 Å². The highest BCUT2D eigenvalue weighted by molar-refractivity contribution is 5.90. The molecule has 272 valence electrons. The van der Waals surface area contributed by atoms with E-state index in [0.717, 1.165) is 23.7 Å². The molecule has 4 fully saturated rings. The molecular weight excluding hydrogens is 675 g/mol. The molecule has 0 aliphatic heterocycles. The maximum atomic E-state index is 2.67. The first-order chi connectivity index (χ1) is 27.7. The molecule has 0 aromatic heterocycles. The number of benzene rings is 7. The number of fused-ring (bicyclic) bond motifs is 15. The maximum Gasteiger partial charge on any atom is 0.0465 e. The molecular formula is C55H47N. The number of rotatable bonds is 4. The van der Waals surface area contributed by atoms with E-state index >= 15 is 0 Å². The molecule has 1 heteroatoms. The molecule has 13 rings (SSSR count). The van der Waals surface area contributed by atoms with Crippen molar-refractivity contribution in [1.29, 1.82) is 0 Å². The van der Waals surface area contributed by atoms with Gasteiger partial charge < -0.3 is 4.90 Å². The molecule has 2 spiro atoms. The highest BCUT2D eigenvalue weighted by Crippen LogP contribution is 2.70. The van der Waals surface area contributed by atoms with Crippen LogP contribution in [0.2, 0.25) is 0 Å². The molecule has 4 saturated carbocycles. The fraction of sp³-hybridized carbons (Fsp3) is 0.273. The van der Waals surface area contributed by atoms with Gasteiger partial charge in [0.25, 0.3) is 0 Å². The van der Waals surface area contributed by atoms with Gasteiger partial charge in [-0.25, -0.2) is 0 Å². The second-order valence-corrected chi connectivity index (χ2v) is 18.4. The van der Waals surface area contributed by atoms with E-state index in [1.54, 1.807) is 16.7 Å². The quantitative estimate of drug-likeness (QED) is 0.175. The summed E-state index contributed by atoms with van der Waals surface area (Å²) in [5.41, 5.74) is 18.8. The molecule has 0 amide bonds. The summed E-state index contributed by atoms with van der Waals surface area (Å²) < 4.78 is 0. The summed E-state index contributed by atoms with van der Waals surface area (Å²) in [4.78, 5) is 2.60. The van der Waals surface area contributed by atoms with Gasteiger partial charge in [0.15, 0.2) is 0 Å². The van der Waals surface area contributed by atoms with E-state index in [2.05, 4.69) is 157 Å². The van der Waals surface area contributed by atoms with Crippen LogP contribution in [0.25, 0.3) is 44.2 Å². The molecule has 5 atom stereocenters. The van der Waals surface area contributed by atoms with Crippen molar-refractivity contribution in [2.75, 3.05) is 4.90 Å². The standard InChI is InChI=1S/C55H47N/c1-2-10-37-29-38(16-15-35(37)9-1)36-18-21-43(22-19-36)56(44-23-25-48-46-11-3-5-13-50(46)54(52(48)33-44)27-7-8-28-54)45-24-26-49-47-12-4-6-14-51(47)55(53(49)34-45)41-20-17-39-30-42(55)32-40(39)31-41/h1-6,9-16,18-19,21-26,29,33-34,39-42H,7-8,17,20,27-28,30-32H2. The van der Waals surface area contributed by atoms with Crippen molar-refractivity contribution in [2.45, 2.75) is 68.6 Å². The van der Waals surface area contributed by atoms with Crippen LogP contribution in [0.4, 0.5) is 17.1 Å². The van der Waals surface area contributed by atoms with Crippen LogP contribution in [0.3, 0.4) is 0 Å². The minimum absolute atomic E-state index is 0.122. The molecule has 6 aliphatic rings. The Morgan fingerprint density at radius 3 is 1.80 bits per heavy atom. The Morgan fingerprint density at radius 2 is 1.00 bits per heavy atom. The second kappa shape index (κ2) is 11.6. The predicted octanol–water partition coefficient (Wildman–Crippen LogP) is 14.5. The molecule has 0 radical (unpaired) electrons. The minimum atomic E-state index is 0.122. The number of nitrogens with zero attached hydrogens (tertiary/aromatic N) is 1. The molecule has 3 bridgehead atoms. The zero-order valence-electron chi connectivity index (χ0n) is 32.1. The fourth-order valence-electron chi connectivity index (χ4n) is 13.9.